The van der Waals surface area contributed by atoms with E-state index in [1.807, 2.05) is 4.40 Å². The van der Waals surface area contributed by atoms with Gasteiger partial charge in [0.2, 0.25) is 0 Å². The van der Waals surface area contributed by atoms with E-state index in [4.69, 9.17) is 0 Å². The molecule has 0 bridgehead atoms. The summed E-state index contributed by atoms with van der Waals surface area (Å²) in [5.41, 5.74) is 3.47. The van der Waals surface area contributed by atoms with Crippen LogP contribution in [0.4, 0.5) is 0 Å². The van der Waals surface area contributed by atoms with Gasteiger partial charge in [0.05, 0.1) is 0 Å². The van der Waals surface area contributed by atoms with Crippen LogP contribution in [-0.2, 0) is 33.3 Å². The predicted molar refractivity (Wildman–Crippen MR) is 123 cm³/mol. The Morgan fingerprint density at radius 2 is 1.28 bits per heavy atom. The molecule has 2 saturated heterocycles. The van der Waals surface area contributed by atoms with Crippen molar-refractivity contribution in [2.45, 2.75) is 73.7 Å². The summed E-state index contributed by atoms with van der Waals surface area (Å²) in [5.74, 6) is 8.82. The van der Waals surface area contributed by atoms with Crippen molar-refractivity contribution in [3.05, 3.63) is 29.3 Å². The fraction of sp³-hybridized carbons (Fsp3) is 0.727. The van der Waals surface area contributed by atoms with E-state index in [2.05, 4.69) is 39.0 Å². The van der Waals surface area contributed by atoms with E-state index in [1.54, 1.807) is 11.1 Å². The number of benzene rings is 1. The summed E-state index contributed by atoms with van der Waals surface area (Å²) in [6.45, 7) is 7.50. The summed E-state index contributed by atoms with van der Waals surface area (Å²) < 4.78 is 1.92. The fourth-order valence-corrected chi connectivity index (χ4v) is 18.2. The quantitative estimate of drug-likeness (QED) is 0.385. The zero-order chi connectivity index (χ0) is 17.7. The van der Waals surface area contributed by atoms with E-state index < -0.39 is 13.3 Å². The average Bonchev–Trinajstić information content (AvgIpc) is 3.33. The van der Waals surface area contributed by atoms with Crippen molar-refractivity contribution in [3.8, 4) is 0 Å². The van der Waals surface area contributed by atoms with E-state index in [9.17, 15) is 0 Å². The van der Waals surface area contributed by atoms with Crippen LogP contribution in [-0.4, -0.2) is 36.3 Å². The van der Waals surface area contributed by atoms with Crippen molar-refractivity contribution in [2.75, 3.05) is 23.0 Å². The van der Waals surface area contributed by atoms with Crippen LogP contribution in [0.25, 0.3) is 0 Å². The zero-order valence-corrected chi connectivity index (χ0v) is 20.5. The number of rotatable bonds is 8. The summed E-state index contributed by atoms with van der Waals surface area (Å²) in [5, 5.41) is 4.43. The minimum absolute atomic E-state index is 0.692. The third-order valence-electron chi connectivity index (χ3n) is 6.74. The Morgan fingerprint density at radius 3 is 1.80 bits per heavy atom. The zero-order valence-electron chi connectivity index (χ0n) is 16.7. The van der Waals surface area contributed by atoms with Crippen LogP contribution in [0.1, 0.15) is 57.6 Å². The van der Waals surface area contributed by atoms with Crippen molar-refractivity contribution in [2.24, 2.45) is 0 Å². The second kappa shape index (κ2) is 9.60. The molecule has 1 aromatic carbocycles. The normalized spacial score (nSPS) is 19.8. The molecule has 2 heterocycles. The molecule has 0 unspecified atom stereocenters. The Kier molecular flexibility index (Phi) is 7.75. The van der Waals surface area contributed by atoms with Gasteiger partial charge in [-0.1, -0.05) is 0 Å². The van der Waals surface area contributed by atoms with Crippen molar-refractivity contribution in [1.82, 2.24) is 0 Å². The van der Waals surface area contributed by atoms with Gasteiger partial charge in [-0.15, -0.1) is 0 Å². The summed E-state index contributed by atoms with van der Waals surface area (Å²) in [7, 11) is 1.38. The molecule has 0 N–H and O–H groups in total. The van der Waals surface area contributed by atoms with Crippen LogP contribution in [0.5, 0.6) is 0 Å². The summed E-state index contributed by atoms with van der Waals surface area (Å²) in [6, 6.07) is 7.87. The van der Waals surface area contributed by atoms with Gasteiger partial charge in [0.25, 0.3) is 0 Å². The average molecular weight is 439 g/mol. The first kappa shape index (κ1) is 20.2. The van der Waals surface area contributed by atoms with Gasteiger partial charge in [0.1, 0.15) is 0 Å². The van der Waals surface area contributed by atoms with E-state index >= 15 is 0 Å². The maximum atomic E-state index is 2.75. The molecule has 1 aromatic rings. The monoisotopic (exact) mass is 440 g/mol. The molecule has 2 aliphatic heterocycles. The molecule has 3 rings (SSSR count). The molecule has 3 heteroatoms. The molecule has 2 fully saturated rings. The van der Waals surface area contributed by atoms with Crippen LogP contribution in [0.2, 0.25) is 15.8 Å². The molecule has 0 amide bonds. The van der Waals surface area contributed by atoms with Crippen LogP contribution in [0, 0.1) is 0 Å². The Balaban J connectivity index is 1.89. The van der Waals surface area contributed by atoms with Gasteiger partial charge in [-0.2, -0.15) is 0 Å². The number of hydrogen-bond acceptors (Lipinski definition) is 0. The molecule has 0 radical (unpaired) electrons. The summed E-state index contributed by atoms with van der Waals surface area (Å²) in [6.07, 6.45) is 5.94. The van der Waals surface area contributed by atoms with Gasteiger partial charge in [-0.05, 0) is 0 Å². The van der Waals surface area contributed by atoms with Crippen molar-refractivity contribution in [1.29, 1.82) is 0 Å². The first-order valence-electron chi connectivity index (χ1n) is 10.6. The van der Waals surface area contributed by atoms with Crippen molar-refractivity contribution < 1.29 is 0 Å². The van der Waals surface area contributed by atoms with E-state index in [0.29, 0.717) is 21.8 Å². The first-order chi connectivity index (χ1) is 12.2. The molecule has 140 valence electrons. The SMILES string of the molecule is C[CH2][Ge]([CH2]C)([CH2]C)[c]1cc(C[S+]2CCCC2)ccc1C[S+]1CCCC1. The maximum absolute atomic E-state index is 2.75. The standard InChI is InChI=1S/C22H38GeS2/c1-4-23(5-2,6-3)22-17-20(18-24-13-7-8-14-24)11-12-21(22)19-25-15-9-10-16-25/h11-12,17H,4-10,13-16,18-19H2,1-3H3/q+2. The fourth-order valence-electron chi connectivity index (χ4n) is 4.83. The molecule has 0 saturated carbocycles. The van der Waals surface area contributed by atoms with Crippen LogP contribution in [0.3, 0.4) is 0 Å². The van der Waals surface area contributed by atoms with Gasteiger partial charge in [0, 0.05) is 0 Å². The van der Waals surface area contributed by atoms with E-state index in [1.165, 1.54) is 76.0 Å². The molecule has 2 aliphatic rings. The Bertz CT molecular complexity index is 533. The Hall–Kier alpha value is 0.463. The Labute approximate surface area is 165 Å². The third-order valence-corrected chi connectivity index (χ3v) is 23.6. The van der Waals surface area contributed by atoms with Gasteiger partial charge >= 0.3 is 166 Å². The van der Waals surface area contributed by atoms with E-state index in [-0.39, 0.29) is 0 Å². The second-order valence-electron chi connectivity index (χ2n) is 8.08. The van der Waals surface area contributed by atoms with Gasteiger partial charge in [-0.25, -0.2) is 0 Å². The molecule has 25 heavy (non-hydrogen) atoms. The number of hydrogen-bond donors (Lipinski definition) is 0. The van der Waals surface area contributed by atoms with Crippen LogP contribution < -0.4 is 4.40 Å². The molecule has 0 nitrogen and oxygen atoms in total. The summed E-state index contributed by atoms with van der Waals surface area (Å²) >= 11 is -1.88. The van der Waals surface area contributed by atoms with Gasteiger partial charge < -0.3 is 0 Å². The third kappa shape index (κ3) is 4.85. The summed E-state index contributed by atoms with van der Waals surface area (Å²) in [4.78, 5) is 0. The van der Waals surface area contributed by atoms with Crippen molar-refractivity contribution in [3.63, 3.8) is 0 Å². The van der Waals surface area contributed by atoms with Crippen LogP contribution in [0.15, 0.2) is 18.2 Å². The van der Waals surface area contributed by atoms with Crippen LogP contribution >= 0.6 is 0 Å². The molecule has 0 aliphatic carbocycles. The van der Waals surface area contributed by atoms with E-state index in [0.717, 1.165) is 0 Å². The van der Waals surface area contributed by atoms with Gasteiger partial charge in [0.15, 0.2) is 0 Å². The topological polar surface area (TPSA) is 0 Å². The van der Waals surface area contributed by atoms with Gasteiger partial charge in [-0.3, -0.25) is 0 Å². The van der Waals surface area contributed by atoms with Crippen molar-refractivity contribution >= 4 is 39.5 Å². The molecular formula is C22H38GeS2+2. The molecule has 0 spiro atoms. The molecule has 0 atom stereocenters. The molecular weight excluding hydrogens is 401 g/mol. The first-order valence-corrected chi connectivity index (χ1v) is 19.6. The second-order valence-corrected chi connectivity index (χ2v) is 23.7. The Morgan fingerprint density at radius 1 is 0.760 bits per heavy atom. The molecule has 0 aromatic heterocycles. The predicted octanol–water partition coefficient (Wildman–Crippen LogP) is 5.23. The minimum atomic E-state index is -1.88.